The van der Waals surface area contributed by atoms with E-state index in [1.807, 2.05) is 18.2 Å². The van der Waals surface area contributed by atoms with Crippen LogP contribution in [-0.4, -0.2) is 58.9 Å². The zero-order valence-corrected chi connectivity index (χ0v) is 12.9. The van der Waals surface area contributed by atoms with Crippen molar-refractivity contribution in [3.8, 4) is 11.5 Å². The molecule has 0 fully saturated rings. The zero-order valence-electron chi connectivity index (χ0n) is 12.9. The summed E-state index contributed by atoms with van der Waals surface area (Å²) in [5, 5.41) is 12.9. The quantitative estimate of drug-likeness (QED) is 0.590. The molecule has 0 aliphatic heterocycles. The average Bonchev–Trinajstić information content (AvgIpc) is 2.51. The molecular formula is C15H25NO5. The van der Waals surface area contributed by atoms with Crippen LogP contribution in [0.15, 0.2) is 18.2 Å². The summed E-state index contributed by atoms with van der Waals surface area (Å²) in [5.41, 5.74) is 1.01. The third-order valence-corrected chi connectivity index (χ3v) is 2.93. The molecule has 21 heavy (non-hydrogen) atoms. The highest BCUT2D eigenvalue weighted by Gasteiger charge is 2.07. The fourth-order valence-corrected chi connectivity index (χ4v) is 1.79. The van der Waals surface area contributed by atoms with Gasteiger partial charge in [-0.1, -0.05) is 6.07 Å². The number of aliphatic hydroxyl groups excluding tert-OH is 1. The molecule has 1 atom stereocenters. The fraction of sp³-hybridized carbons (Fsp3) is 0.600. The predicted octanol–water partition coefficient (Wildman–Crippen LogP) is 0.817. The molecule has 0 amide bonds. The molecule has 6 heteroatoms. The Hall–Kier alpha value is -1.34. The lowest BCUT2D eigenvalue weighted by Gasteiger charge is -2.14. The van der Waals surface area contributed by atoms with Crippen LogP contribution in [0.1, 0.15) is 5.56 Å². The van der Waals surface area contributed by atoms with Crippen LogP contribution in [-0.2, 0) is 16.0 Å². The van der Waals surface area contributed by atoms with Crippen LogP contribution in [0.25, 0.3) is 0 Å². The molecule has 0 aromatic heterocycles. The SMILES string of the molecule is COCCOCC(O)CNCc1ccc(OC)cc1OC. The first-order valence-corrected chi connectivity index (χ1v) is 6.87. The Morgan fingerprint density at radius 3 is 2.62 bits per heavy atom. The van der Waals surface area contributed by atoms with Crippen molar-refractivity contribution >= 4 is 0 Å². The second kappa shape index (κ2) is 10.4. The van der Waals surface area contributed by atoms with E-state index in [0.717, 1.165) is 17.1 Å². The summed E-state index contributed by atoms with van der Waals surface area (Å²) in [5.74, 6) is 1.51. The van der Waals surface area contributed by atoms with Crippen molar-refractivity contribution in [2.75, 3.05) is 47.7 Å². The minimum absolute atomic E-state index is 0.288. The first-order chi connectivity index (χ1) is 10.2. The number of rotatable bonds is 11. The van der Waals surface area contributed by atoms with E-state index in [9.17, 15) is 5.11 Å². The van der Waals surface area contributed by atoms with Crippen LogP contribution in [0.4, 0.5) is 0 Å². The fourth-order valence-electron chi connectivity index (χ4n) is 1.79. The Labute approximate surface area is 126 Å². The number of nitrogens with one attached hydrogen (secondary N) is 1. The normalized spacial score (nSPS) is 12.2. The van der Waals surface area contributed by atoms with Gasteiger partial charge in [-0.25, -0.2) is 0 Å². The molecule has 0 saturated heterocycles. The van der Waals surface area contributed by atoms with Gasteiger partial charge in [0.25, 0.3) is 0 Å². The van der Waals surface area contributed by atoms with E-state index in [-0.39, 0.29) is 6.61 Å². The summed E-state index contributed by atoms with van der Waals surface area (Å²) in [6, 6.07) is 5.65. The number of ether oxygens (including phenoxy) is 4. The molecule has 0 radical (unpaired) electrons. The van der Waals surface area contributed by atoms with Crippen molar-refractivity contribution in [1.82, 2.24) is 5.32 Å². The molecule has 0 heterocycles. The van der Waals surface area contributed by atoms with Gasteiger partial charge in [0.1, 0.15) is 11.5 Å². The topological polar surface area (TPSA) is 69.2 Å². The van der Waals surface area contributed by atoms with E-state index in [2.05, 4.69) is 5.32 Å². The summed E-state index contributed by atoms with van der Waals surface area (Å²) in [4.78, 5) is 0. The van der Waals surface area contributed by atoms with E-state index in [0.29, 0.717) is 26.3 Å². The van der Waals surface area contributed by atoms with Gasteiger partial charge in [0.2, 0.25) is 0 Å². The summed E-state index contributed by atoms with van der Waals surface area (Å²) in [6.45, 7) is 2.35. The maximum absolute atomic E-state index is 9.76. The van der Waals surface area contributed by atoms with Gasteiger partial charge in [-0.15, -0.1) is 0 Å². The van der Waals surface area contributed by atoms with Crippen molar-refractivity contribution < 1.29 is 24.1 Å². The zero-order chi connectivity index (χ0) is 15.5. The first-order valence-electron chi connectivity index (χ1n) is 6.87. The number of benzene rings is 1. The molecule has 0 aliphatic rings. The lowest BCUT2D eigenvalue weighted by atomic mass is 10.2. The maximum Gasteiger partial charge on any atom is 0.127 e. The maximum atomic E-state index is 9.76. The van der Waals surface area contributed by atoms with Crippen molar-refractivity contribution in [2.45, 2.75) is 12.6 Å². The Morgan fingerprint density at radius 1 is 1.14 bits per heavy atom. The van der Waals surface area contributed by atoms with E-state index in [1.54, 1.807) is 21.3 Å². The first kappa shape index (κ1) is 17.7. The lowest BCUT2D eigenvalue weighted by molar-refractivity contribution is 0.0137. The van der Waals surface area contributed by atoms with Gasteiger partial charge in [0.15, 0.2) is 0 Å². The molecule has 0 spiro atoms. The van der Waals surface area contributed by atoms with Crippen molar-refractivity contribution in [3.63, 3.8) is 0 Å². The Morgan fingerprint density at radius 2 is 1.95 bits per heavy atom. The van der Waals surface area contributed by atoms with Gasteiger partial charge >= 0.3 is 0 Å². The van der Waals surface area contributed by atoms with Crippen molar-refractivity contribution in [3.05, 3.63) is 23.8 Å². The summed E-state index contributed by atoms with van der Waals surface area (Å²) in [7, 11) is 4.85. The summed E-state index contributed by atoms with van der Waals surface area (Å²) in [6.07, 6.45) is -0.550. The van der Waals surface area contributed by atoms with Gasteiger partial charge < -0.3 is 29.4 Å². The highest BCUT2D eigenvalue weighted by Crippen LogP contribution is 2.24. The number of hydrogen-bond acceptors (Lipinski definition) is 6. The number of methoxy groups -OCH3 is 3. The molecule has 1 rings (SSSR count). The standard InChI is InChI=1S/C15H25NO5/c1-18-6-7-21-11-13(17)10-16-9-12-4-5-14(19-2)8-15(12)20-3/h4-5,8,13,16-17H,6-7,9-11H2,1-3H3. The van der Waals surface area contributed by atoms with Gasteiger partial charge in [-0.05, 0) is 6.07 Å². The van der Waals surface area contributed by atoms with Gasteiger partial charge in [-0.2, -0.15) is 0 Å². The van der Waals surface area contributed by atoms with E-state index in [4.69, 9.17) is 18.9 Å². The number of hydrogen-bond donors (Lipinski definition) is 2. The molecule has 6 nitrogen and oxygen atoms in total. The van der Waals surface area contributed by atoms with Crippen LogP contribution in [0, 0.1) is 0 Å². The van der Waals surface area contributed by atoms with Crippen LogP contribution >= 0.6 is 0 Å². The molecule has 120 valence electrons. The second-order valence-electron chi connectivity index (χ2n) is 4.53. The van der Waals surface area contributed by atoms with Crippen LogP contribution in [0.3, 0.4) is 0 Å². The second-order valence-corrected chi connectivity index (χ2v) is 4.53. The summed E-state index contributed by atoms with van der Waals surface area (Å²) >= 11 is 0. The van der Waals surface area contributed by atoms with Crippen molar-refractivity contribution in [2.24, 2.45) is 0 Å². The molecule has 0 saturated carbocycles. The minimum atomic E-state index is -0.550. The minimum Gasteiger partial charge on any atom is -0.497 e. The molecular weight excluding hydrogens is 274 g/mol. The summed E-state index contributed by atoms with van der Waals surface area (Å²) < 4.78 is 20.6. The van der Waals surface area contributed by atoms with Gasteiger partial charge in [0.05, 0.1) is 40.1 Å². The van der Waals surface area contributed by atoms with Gasteiger partial charge in [-0.3, -0.25) is 0 Å². The molecule has 1 aromatic carbocycles. The van der Waals surface area contributed by atoms with Crippen LogP contribution < -0.4 is 14.8 Å². The average molecular weight is 299 g/mol. The Bertz CT molecular complexity index is 400. The van der Waals surface area contributed by atoms with E-state index in [1.165, 1.54) is 0 Å². The smallest absolute Gasteiger partial charge is 0.127 e. The molecule has 2 N–H and O–H groups in total. The van der Waals surface area contributed by atoms with Crippen LogP contribution in [0.5, 0.6) is 11.5 Å². The predicted molar refractivity (Wildman–Crippen MR) is 80.0 cm³/mol. The Kier molecular flexibility index (Phi) is 8.77. The van der Waals surface area contributed by atoms with Crippen molar-refractivity contribution in [1.29, 1.82) is 0 Å². The monoisotopic (exact) mass is 299 g/mol. The van der Waals surface area contributed by atoms with E-state index >= 15 is 0 Å². The highest BCUT2D eigenvalue weighted by molar-refractivity contribution is 5.40. The Balaban J connectivity index is 2.31. The molecule has 0 aliphatic carbocycles. The third-order valence-electron chi connectivity index (χ3n) is 2.93. The lowest BCUT2D eigenvalue weighted by Crippen LogP contribution is -2.30. The largest absolute Gasteiger partial charge is 0.497 e. The van der Waals surface area contributed by atoms with Gasteiger partial charge in [0, 0.05) is 31.8 Å². The third kappa shape index (κ3) is 6.77. The molecule has 0 bridgehead atoms. The highest BCUT2D eigenvalue weighted by atomic mass is 16.5. The van der Waals surface area contributed by atoms with E-state index < -0.39 is 6.10 Å². The molecule has 1 aromatic rings. The number of aliphatic hydroxyl groups is 1. The molecule has 1 unspecified atom stereocenters. The van der Waals surface area contributed by atoms with Crippen LogP contribution in [0.2, 0.25) is 0 Å².